The molecule has 122 valence electrons. The molecule has 2 N–H and O–H groups in total. The van der Waals surface area contributed by atoms with Crippen LogP contribution >= 0.6 is 11.3 Å². The Morgan fingerprint density at radius 1 is 1.41 bits per heavy atom. The quantitative estimate of drug-likeness (QED) is 0.796. The molecular weight excluding hydrogens is 306 g/mol. The second kappa shape index (κ2) is 7.88. The number of hydrogen-bond acceptors (Lipinski definition) is 5. The van der Waals surface area contributed by atoms with Crippen LogP contribution in [0.1, 0.15) is 43.8 Å². The summed E-state index contributed by atoms with van der Waals surface area (Å²) in [5.74, 6) is -1.20. The fraction of sp³-hybridized carbons (Fsp3) is 0.571. The summed E-state index contributed by atoms with van der Waals surface area (Å²) < 4.78 is 0. The Kier molecular flexibility index (Phi) is 6.48. The van der Waals surface area contributed by atoms with Crippen LogP contribution in [0.3, 0.4) is 0 Å². The molecule has 0 radical (unpaired) electrons. The Bertz CT molecular complexity index is 556. The molecule has 0 fully saturated rings. The van der Waals surface area contributed by atoms with Crippen molar-refractivity contribution in [1.29, 1.82) is 0 Å². The van der Waals surface area contributed by atoms with Crippen molar-refractivity contribution in [3.05, 3.63) is 16.1 Å². The molecule has 0 saturated heterocycles. The SMILES string of the molecule is CC(=O)C[C@H](NC(=O)N(C)Cc1csc(C(C)C)n1)C(=O)O. The highest BCUT2D eigenvalue weighted by atomic mass is 32.1. The maximum Gasteiger partial charge on any atom is 0.326 e. The third-order valence-electron chi connectivity index (χ3n) is 2.90. The van der Waals surface area contributed by atoms with Crippen molar-refractivity contribution in [3.8, 4) is 0 Å². The summed E-state index contributed by atoms with van der Waals surface area (Å²) in [6.07, 6.45) is -0.233. The number of aliphatic carboxylic acids is 1. The van der Waals surface area contributed by atoms with E-state index in [1.807, 2.05) is 19.2 Å². The van der Waals surface area contributed by atoms with Crippen molar-refractivity contribution in [2.24, 2.45) is 0 Å². The molecule has 0 bridgehead atoms. The van der Waals surface area contributed by atoms with Crippen molar-refractivity contribution in [2.45, 2.75) is 45.7 Å². The number of carbonyl (C=O) groups is 3. The average molecular weight is 327 g/mol. The van der Waals surface area contributed by atoms with Crippen molar-refractivity contribution in [1.82, 2.24) is 15.2 Å². The molecule has 0 saturated carbocycles. The first-order valence-electron chi connectivity index (χ1n) is 6.88. The Labute approximate surface area is 133 Å². The minimum absolute atomic E-state index is 0.233. The van der Waals surface area contributed by atoms with Gasteiger partial charge in [-0.1, -0.05) is 13.8 Å². The van der Waals surface area contributed by atoms with Gasteiger partial charge in [0.2, 0.25) is 0 Å². The van der Waals surface area contributed by atoms with Crippen LogP contribution in [0, 0.1) is 0 Å². The number of nitrogens with one attached hydrogen (secondary N) is 1. The number of urea groups is 1. The summed E-state index contributed by atoms with van der Waals surface area (Å²) in [6.45, 7) is 5.65. The zero-order chi connectivity index (χ0) is 16.9. The van der Waals surface area contributed by atoms with E-state index in [1.54, 1.807) is 7.05 Å². The molecule has 1 aromatic rings. The molecule has 0 spiro atoms. The zero-order valence-corrected chi connectivity index (χ0v) is 13.9. The number of aromatic nitrogens is 1. The van der Waals surface area contributed by atoms with Gasteiger partial charge in [0.05, 0.1) is 17.2 Å². The van der Waals surface area contributed by atoms with Gasteiger partial charge >= 0.3 is 12.0 Å². The Morgan fingerprint density at radius 3 is 2.50 bits per heavy atom. The molecule has 8 heteroatoms. The van der Waals surface area contributed by atoms with E-state index >= 15 is 0 Å². The lowest BCUT2D eigenvalue weighted by molar-refractivity contribution is -0.140. The summed E-state index contributed by atoms with van der Waals surface area (Å²) in [4.78, 5) is 39.8. The largest absolute Gasteiger partial charge is 0.480 e. The maximum atomic E-state index is 12.0. The molecule has 22 heavy (non-hydrogen) atoms. The van der Waals surface area contributed by atoms with E-state index in [4.69, 9.17) is 5.11 Å². The predicted molar refractivity (Wildman–Crippen MR) is 82.9 cm³/mol. The Morgan fingerprint density at radius 2 is 2.05 bits per heavy atom. The highest BCUT2D eigenvalue weighted by Crippen LogP contribution is 2.19. The van der Waals surface area contributed by atoms with E-state index in [0.717, 1.165) is 10.7 Å². The topological polar surface area (TPSA) is 99.6 Å². The van der Waals surface area contributed by atoms with Crippen LogP contribution in [0.25, 0.3) is 0 Å². The number of Topliss-reactive ketones (excluding diaryl/α,β-unsaturated/α-hetero) is 1. The monoisotopic (exact) mass is 327 g/mol. The summed E-state index contributed by atoms with van der Waals surface area (Å²) in [6, 6.07) is -1.76. The first kappa shape index (κ1) is 18.1. The molecule has 7 nitrogen and oxygen atoms in total. The number of nitrogens with zero attached hydrogens (tertiary/aromatic N) is 2. The Hall–Kier alpha value is -1.96. The molecule has 0 aliphatic rings. The normalized spacial score (nSPS) is 12.0. The smallest absolute Gasteiger partial charge is 0.326 e. The van der Waals surface area contributed by atoms with Crippen molar-refractivity contribution < 1.29 is 19.5 Å². The molecular formula is C14H21N3O4S. The van der Waals surface area contributed by atoms with Gasteiger partial charge in [-0.3, -0.25) is 4.79 Å². The van der Waals surface area contributed by atoms with E-state index in [9.17, 15) is 14.4 Å². The Balaban J connectivity index is 2.63. The molecule has 1 heterocycles. The summed E-state index contributed by atoms with van der Waals surface area (Å²) >= 11 is 1.53. The highest BCUT2D eigenvalue weighted by molar-refractivity contribution is 7.09. The van der Waals surface area contributed by atoms with Gasteiger partial charge in [-0.05, 0) is 6.92 Å². The first-order valence-corrected chi connectivity index (χ1v) is 7.76. The fourth-order valence-corrected chi connectivity index (χ4v) is 2.55. The number of amides is 2. The lowest BCUT2D eigenvalue weighted by Gasteiger charge is -2.20. The van der Waals surface area contributed by atoms with Gasteiger partial charge in [-0.2, -0.15) is 0 Å². The summed E-state index contributed by atoms with van der Waals surface area (Å²) in [7, 11) is 1.55. The van der Waals surface area contributed by atoms with Crippen LogP contribution in [0.5, 0.6) is 0 Å². The number of thiazole rings is 1. The van der Waals surface area contributed by atoms with Gasteiger partial charge < -0.3 is 15.3 Å². The van der Waals surface area contributed by atoms with E-state index in [2.05, 4.69) is 10.3 Å². The van der Waals surface area contributed by atoms with E-state index < -0.39 is 18.0 Å². The van der Waals surface area contributed by atoms with Gasteiger partial charge in [0.25, 0.3) is 0 Å². The lowest BCUT2D eigenvalue weighted by atomic mass is 10.1. The van der Waals surface area contributed by atoms with Gasteiger partial charge in [0.15, 0.2) is 0 Å². The van der Waals surface area contributed by atoms with Crippen LogP contribution in [0.15, 0.2) is 5.38 Å². The molecule has 0 aliphatic carbocycles. The summed E-state index contributed by atoms with van der Waals surface area (Å²) in [5.41, 5.74) is 0.754. The number of ketones is 1. The van der Waals surface area contributed by atoms with Gasteiger partial charge in [0, 0.05) is 24.8 Å². The standard InChI is InChI=1S/C14H21N3O4S/c1-8(2)12-15-10(7-22-12)6-17(4)14(21)16-11(13(19)20)5-9(3)18/h7-8,11H,5-6H2,1-4H3,(H,16,21)(H,19,20)/t11-/m0/s1. The van der Waals surface area contributed by atoms with Crippen molar-refractivity contribution in [3.63, 3.8) is 0 Å². The number of rotatable bonds is 7. The molecule has 0 unspecified atom stereocenters. The van der Waals surface area contributed by atoms with Gasteiger partial charge in [-0.15, -0.1) is 11.3 Å². The second-order valence-corrected chi connectivity index (χ2v) is 6.32. The fourth-order valence-electron chi connectivity index (χ4n) is 1.72. The lowest BCUT2D eigenvalue weighted by Crippen LogP contribution is -2.47. The third-order valence-corrected chi connectivity index (χ3v) is 4.09. The minimum atomic E-state index is -1.23. The number of carbonyl (C=O) groups excluding carboxylic acids is 2. The van der Waals surface area contributed by atoms with E-state index in [-0.39, 0.29) is 18.7 Å². The molecule has 1 aromatic heterocycles. The van der Waals surface area contributed by atoms with Crippen LogP contribution < -0.4 is 5.32 Å². The van der Waals surface area contributed by atoms with E-state index in [0.29, 0.717) is 5.92 Å². The van der Waals surface area contributed by atoms with Crippen molar-refractivity contribution in [2.75, 3.05) is 7.05 Å². The zero-order valence-electron chi connectivity index (χ0n) is 13.1. The van der Waals surface area contributed by atoms with Gasteiger partial charge in [-0.25, -0.2) is 14.6 Å². The number of carboxylic acids is 1. The molecule has 2 amide bonds. The second-order valence-electron chi connectivity index (χ2n) is 5.43. The highest BCUT2D eigenvalue weighted by Gasteiger charge is 2.23. The minimum Gasteiger partial charge on any atom is -0.480 e. The van der Waals surface area contributed by atoms with Crippen molar-refractivity contribution >= 4 is 29.1 Å². The van der Waals surface area contributed by atoms with Crippen LogP contribution in [-0.4, -0.2) is 45.9 Å². The maximum absolute atomic E-state index is 12.0. The average Bonchev–Trinajstić information content (AvgIpc) is 2.85. The van der Waals surface area contributed by atoms with Crippen LogP contribution in [-0.2, 0) is 16.1 Å². The molecule has 0 aliphatic heterocycles. The van der Waals surface area contributed by atoms with Crippen LogP contribution in [0.2, 0.25) is 0 Å². The van der Waals surface area contributed by atoms with E-state index in [1.165, 1.54) is 23.2 Å². The third kappa shape index (κ3) is 5.44. The molecule has 1 rings (SSSR count). The number of carboxylic acid groups (broad SMARTS) is 1. The predicted octanol–water partition coefficient (Wildman–Crippen LogP) is 1.84. The van der Waals surface area contributed by atoms with Crippen LogP contribution in [0.4, 0.5) is 4.79 Å². The number of hydrogen-bond donors (Lipinski definition) is 2. The van der Waals surface area contributed by atoms with Gasteiger partial charge in [0.1, 0.15) is 11.8 Å². The summed E-state index contributed by atoms with van der Waals surface area (Å²) in [5, 5.41) is 14.2. The molecule has 1 atom stereocenters. The molecule has 0 aromatic carbocycles. The first-order chi connectivity index (χ1) is 10.2.